The van der Waals surface area contributed by atoms with Crippen LogP contribution in [0.2, 0.25) is 0 Å². The molecule has 34 heavy (non-hydrogen) atoms. The summed E-state index contributed by atoms with van der Waals surface area (Å²) in [7, 11) is 0. The van der Waals surface area contributed by atoms with Crippen molar-refractivity contribution in [2.24, 2.45) is 0 Å². The summed E-state index contributed by atoms with van der Waals surface area (Å²) in [4.78, 5) is 26.6. The summed E-state index contributed by atoms with van der Waals surface area (Å²) in [5.74, 6) is 0.415. The van der Waals surface area contributed by atoms with Gasteiger partial charge in [-0.1, -0.05) is 23.4 Å². The molecule has 0 saturated carbocycles. The lowest BCUT2D eigenvalue weighted by molar-refractivity contribution is -0.991. The molecule has 2 amide bonds. The minimum absolute atomic E-state index is 0.100. The van der Waals surface area contributed by atoms with E-state index >= 15 is 0 Å². The van der Waals surface area contributed by atoms with Crippen LogP contribution in [-0.2, 0) is 13.0 Å². The second-order valence-corrected chi connectivity index (χ2v) is 7.64. The maximum absolute atomic E-state index is 13.2. The number of anilines is 1. The molecule has 5 rings (SSSR count). The predicted molar refractivity (Wildman–Crippen MR) is 116 cm³/mol. The van der Waals surface area contributed by atoms with Gasteiger partial charge in [0.25, 0.3) is 0 Å². The van der Waals surface area contributed by atoms with Gasteiger partial charge in [-0.2, -0.15) is 15.5 Å². The Morgan fingerprint density at radius 1 is 1.32 bits per heavy atom. The molecule has 2 aromatic heterocycles. The lowest BCUT2D eigenvalue weighted by atomic mass is 10.0. The molecule has 170 valence electrons. The first-order chi connectivity index (χ1) is 16.5. The van der Waals surface area contributed by atoms with Crippen LogP contribution in [-0.4, -0.2) is 36.2 Å². The van der Waals surface area contributed by atoms with E-state index in [1.54, 1.807) is 47.6 Å². The van der Waals surface area contributed by atoms with Crippen LogP contribution in [0.15, 0.2) is 59.4 Å². The van der Waals surface area contributed by atoms with Crippen molar-refractivity contribution >= 4 is 17.4 Å². The molecule has 1 unspecified atom stereocenters. The fourth-order valence-corrected chi connectivity index (χ4v) is 3.81. The lowest BCUT2D eigenvalue weighted by Gasteiger charge is -2.32. The molecule has 12 nitrogen and oxygen atoms in total. The minimum Gasteiger partial charge on any atom is -0.595 e. The van der Waals surface area contributed by atoms with Crippen molar-refractivity contribution in [3.8, 4) is 17.5 Å². The molecule has 0 aliphatic carbocycles. The summed E-state index contributed by atoms with van der Waals surface area (Å²) < 4.78 is 5.51. The highest BCUT2D eigenvalue weighted by Gasteiger charge is 2.36. The van der Waals surface area contributed by atoms with Crippen LogP contribution < -0.4 is 10.5 Å². The van der Waals surface area contributed by atoms with Crippen LogP contribution in [0.1, 0.15) is 28.9 Å². The van der Waals surface area contributed by atoms with E-state index in [1.807, 2.05) is 6.07 Å². The number of carbonyl (C=O) groups is 1. The maximum Gasteiger partial charge on any atom is 0.322 e. The topological polar surface area (TPSA) is 171 Å². The quantitative estimate of drug-likeness (QED) is 0.337. The average Bonchev–Trinajstić information content (AvgIpc) is 3.53. The van der Waals surface area contributed by atoms with Gasteiger partial charge >= 0.3 is 6.03 Å². The van der Waals surface area contributed by atoms with Crippen molar-refractivity contribution in [2.45, 2.75) is 19.0 Å². The summed E-state index contributed by atoms with van der Waals surface area (Å²) in [6.07, 6.45) is 1.91. The summed E-state index contributed by atoms with van der Waals surface area (Å²) in [6, 6.07) is 13.9. The van der Waals surface area contributed by atoms with E-state index in [0.717, 1.165) is 11.4 Å². The molecule has 0 radical (unpaired) electrons. The van der Waals surface area contributed by atoms with Crippen LogP contribution in [0.5, 0.6) is 0 Å². The molecule has 0 spiro atoms. The van der Waals surface area contributed by atoms with E-state index in [9.17, 15) is 15.2 Å². The van der Waals surface area contributed by atoms with Crippen LogP contribution in [0, 0.1) is 16.5 Å². The molecule has 1 aliphatic rings. The van der Waals surface area contributed by atoms with Gasteiger partial charge in [-0.15, -0.1) is 0 Å². The Hall–Kier alpha value is -4.57. The largest absolute Gasteiger partial charge is 0.595 e. The number of amides is 2. The molecule has 4 N–H and O–H groups in total. The van der Waals surface area contributed by atoms with Crippen molar-refractivity contribution < 1.29 is 19.8 Å². The molecule has 0 saturated heterocycles. The number of nitrogens with zero attached hydrogens (tertiary/aromatic N) is 5. The van der Waals surface area contributed by atoms with Gasteiger partial charge in [-0.3, -0.25) is 0 Å². The summed E-state index contributed by atoms with van der Waals surface area (Å²) >= 11 is 0. The van der Waals surface area contributed by atoms with E-state index in [0.29, 0.717) is 23.2 Å². The Labute approximate surface area is 192 Å². The first-order valence-electron chi connectivity index (χ1n) is 10.3. The number of rotatable bonds is 4. The highest BCUT2D eigenvalue weighted by Crippen LogP contribution is 2.33. The maximum atomic E-state index is 13.2. The summed E-state index contributed by atoms with van der Waals surface area (Å²) in [5, 5.41) is 35.4. The number of benzene rings is 2. The molecular formula is C22H18N8O4. The number of nitrogens with one attached hydrogen (secondary N) is 3. The molecule has 1 aliphatic heterocycles. The lowest BCUT2D eigenvalue weighted by Crippen LogP contribution is -2.99. The van der Waals surface area contributed by atoms with Crippen LogP contribution in [0.3, 0.4) is 0 Å². The number of hydrogen-bond acceptors (Lipinski definition) is 8. The van der Waals surface area contributed by atoms with Gasteiger partial charge in [0.15, 0.2) is 5.69 Å². The van der Waals surface area contributed by atoms with Gasteiger partial charge in [0.05, 0.1) is 35.9 Å². The van der Waals surface area contributed by atoms with Crippen molar-refractivity contribution in [3.05, 3.63) is 82.9 Å². The van der Waals surface area contributed by atoms with Gasteiger partial charge in [0.1, 0.15) is 6.04 Å². The molecule has 0 fully saturated rings. The van der Waals surface area contributed by atoms with Crippen molar-refractivity contribution in [1.29, 1.82) is 5.26 Å². The number of imidazole rings is 1. The highest BCUT2D eigenvalue weighted by molar-refractivity contribution is 5.90. The zero-order valence-corrected chi connectivity index (χ0v) is 17.6. The van der Waals surface area contributed by atoms with Crippen LogP contribution in [0.25, 0.3) is 11.4 Å². The summed E-state index contributed by atoms with van der Waals surface area (Å²) in [5.41, 5.74) is 3.07. The van der Waals surface area contributed by atoms with E-state index in [2.05, 4.69) is 25.4 Å². The molecule has 12 heteroatoms. The number of aromatic amines is 1. The molecule has 4 aromatic rings. The smallest absolute Gasteiger partial charge is 0.322 e. The van der Waals surface area contributed by atoms with E-state index < -0.39 is 17.3 Å². The fourth-order valence-electron chi connectivity index (χ4n) is 3.81. The minimum atomic E-state index is -1.06. The van der Waals surface area contributed by atoms with Crippen LogP contribution in [0.4, 0.5) is 16.2 Å². The van der Waals surface area contributed by atoms with E-state index in [1.165, 1.54) is 12.1 Å². The van der Waals surface area contributed by atoms with Gasteiger partial charge in [0, 0.05) is 29.8 Å². The number of fused-ring (bicyclic) bond motifs is 1. The number of hydrogen-bond donors (Lipinski definition) is 4. The number of quaternary nitrogens is 1. The number of urea groups is 1. The Balaban J connectivity index is 1.45. The van der Waals surface area contributed by atoms with Gasteiger partial charge in [-0.05, 0) is 18.2 Å². The molecule has 2 atom stereocenters. The first kappa shape index (κ1) is 21.3. The molecule has 3 heterocycles. The third-order valence-electron chi connectivity index (χ3n) is 5.50. The zero-order valence-electron chi connectivity index (χ0n) is 17.6. The van der Waals surface area contributed by atoms with Gasteiger partial charge < -0.3 is 24.9 Å². The van der Waals surface area contributed by atoms with Crippen molar-refractivity contribution in [1.82, 2.24) is 25.0 Å². The Morgan fingerprint density at radius 2 is 2.18 bits per heavy atom. The zero-order chi connectivity index (χ0) is 23.7. The number of nitriles is 1. The Bertz CT molecular complexity index is 1390. The SMILES string of the molecule is N#Cc1cccc(NC(=O)N2Cc3[nH]cnc3C[C@H]2c2nc(-c3cccc([NH+]([O-])O)c3)no2)c1. The average molecular weight is 458 g/mol. The normalized spacial score (nSPS) is 15.9. The van der Waals surface area contributed by atoms with Gasteiger partial charge in [-0.25, -0.2) is 15.0 Å². The van der Waals surface area contributed by atoms with E-state index in [4.69, 9.17) is 9.78 Å². The predicted octanol–water partition coefficient (Wildman–Crippen LogP) is 2.07. The van der Waals surface area contributed by atoms with Crippen molar-refractivity contribution in [2.75, 3.05) is 5.32 Å². The molecule has 0 bridgehead atoms. The third kappa shape index (κ3) is 4.09. The van der Waals surface area contributed by atoms with Gasteiger partial charge in [0.2, 0.25) is 11.7 Å². The number of aromatic nitrogens is 4. The monoisotopic (exact) mass is 458 g/mol. The Morgan fingerprint density at radius 3 is 3.00 bits per heavy atom. The number of H-pyrrole nitrogens is 1. The van der Waals surface area contributed by atoms with E-state index in [-0.39, 0.29) is 23.9 Å². The third-order valence-corrected chi connectivity index (χ3v) is 5.50. The fraction of sp³-hybridized carbons (Fsp3) is 0.136. The highest BCUT2D eigenvalue weighted by atomic mass is 16.8. The second kappa shape index (κ2) is 8.75. The molecule has 2 aromatic carbocycles. The standard InChI is InChI=1S/C22H18N8O4/c23-10-13-3-1-5-15(7-13)26-22(31)29-11-18-17(24-12-25-18)9-19(29)21-27-20(28-34-21)14-4-2-6-16(8-14)30(32)33/h1-8,12,19,30,32H,9,11H2,(H,24,25)(H,26,31)/t19-/m0/s1. The second-order valence-electron chi connectivity index (χ2n) is 7.64. The Kier molecular flexibility index (Phi) is 5.48. The summed E-state index contributed by atoms with van der Waals surface area (Å²) in [6.45, 7) is 0.232. The number of carbonyl (C=O) groups excluding carboxylic acids is 1. The first-order valence-corrected chi connectivity index (χ1v) is 10.3. The van der Waals surface area contributed by atoms with Crippen molar-refractivity contribution in [3.63, 3.8) is 0 Å². The molecular weight excluding hydrogens is 440 g/mol. The van der Waals surface area contributed by atoms with Crippen LogP contribution >= 0.6 is 0 Å².